The lowest BCUT2D eigenvalue weighted by atomic mass is 10.1. The van der Waals surface area contributed by atoms with Crippen LogP contribution in [0.5, 0.6) is 0 Å². The number of thioether (sulfide) groups is 1. The van der Waals surface area contributed by atoms with Gasteiger partial charge in [-0.25, -0.2) is 0 Å². The smallest absolute Gasteiger partial charge is 0.191 e. The summed E-state index contributed by atoms with van der Waals surface area (Å²) in [4.78, 5) is 0. The second-order valence-electron chi connectivity index (χ2n) is 5.64. The van der Waals surface area contributed by atoms with Crippen molar-refractivity contribution in [2.45, 2.75) is 31.1 Å². The minimum atomic E-state index is -0.171. The van der Waals surface area contributed by atoms with Gasteiger partial charge in [0, 0.05) is 0 Å². The molecular formula is C19H22N4S. The highest BCUT2D eigenvalue weighted by Gasteiger charge is 2.19. The standard InChI is InChI=1S/C19H22N4S/c1-2-24-19-22-21-18(17(20)13-15-9-5-3-6-10-15)23(19)14-16-11-7-4-8-12-16/h3-12,17H,2,13-14,20H2,1H3/t17-/m0/s1. The summed E-state index contributed by atoms with van der Waals surface area (Å²) in [5.41, 5.74) is 8.90. The highest BCUT2D eigenvalue weighted by atomic mass is 32.2. The van der Waals surface area contributed by atoms with Crippen LogP contribution in [0, 0.1) is 0 Å². The van der Waals surface area contributed by atoms with Crippen molar-refractivity contribution in [3.05, 3.63) is 77.6 Å². The first-order valence-corrected chi connectivity index (χ1v) is 9.15. The molecule has 0 bridgehead atoms. The number of hydrogen-bond donors (Lipinski definition) is 1. The summed E-state index contributed by atoms with van der Waals surface area (Å²) < 4.78 is 2.15. The molecule has 2 N–H and O–H groups in total. The lowest BCUT2D eigenvalue weighted by Crippen LogP contribution is -2.20. The molecule has 0 aliphatic carbocycles. The summed E-state index contributed by atoms with van der Waals surface area (Å²) in [5.74, 6) is 1.81. The van der Waals surface area contributed by atoms with Crippen LogP contribution in [0.25, 0.3) is 0 Å². The number of rotatable bonds is 7. The van der Waals surface area contributed by atoms with E-state index in [1.54, 1.807) is 11.8 Å². The minimum Gasteiger partial charge on any atom is -0.321 e. The van der Waals surface area contributed by atoms with Gasteiger partial charge in [-0.1, -0.05) is 79.3 Å². The van der Waals surface area contributed by atoms with Crippen LogP contribution in [0.2, 0.25) is 0 Å². The zero-order valence-electron chi connectivity index (χ0n) is 13.8. The van der Waals surface area contributed by atoms with Crippen LogP contribution in [-0.2, 0) is 13.0 Å². The average Bonchev–Trinajstić information content (AvgIpc) is 3.00. The maximum Gasteiger partial charge on any atom is 0.191 e. The van der Waals surface area contributed by atoms with E-state index in [1.165, 1.54) is 11.1 Å². The topological polar surface area (TPSA) is 56.7 Å². The molecule has 1 atom stereocenters. The van der Waals surface area contributed by atoms with E-state index in [0.29, 0.717) is 0 Å². The number of hydrogen-bond acceptors (Lipinski definition) is 4. The van der Waals surface area contributed by atoms with Gasteiger partial charge in [0.15, 0.2) is 11.0 Å². The Labute approximate surface area is 147 Å². The first-order valence-electron chi connectivity index (χ1n) is 8.17. The SMILES string of the molecule is CCSc1nnc([C@@H](N)Cc2ccccc2)n1Cc1ccccc1. The predicted molar refractivity (Wildman–Crippen MR) is 99.0 cm³/mol. The fraction of sp³-hybridized carbons (Fsp3) is 0.263. The van der Waals surface area contributed by atoms with Crippen molar-refractivity contribution in [1.29, 1.82) is 0 Å². The second kappa shape index (κ2) is 8.13. The van der Waals surface area contributed by atoms with Crippen molar-refractivity contribution in [2.75, 3.05) is 5.75 Å². The molecule has 1 heterocycles. The third-order valence-corrected chi connectivity index (χ3v) is 4.68. The van der Waals surface area contributed by atoms with Crippen molar-refractivity contribution in [2.24, 2.45) is 5.73 Å². The van der Waals surface area contributed by atoms with Gasteiger partial charge in [-0.2, -0.15) is 0 Å². The fourth-order valence-corrected chi connectivity index (χ4v) is 3.35. The van der Waals surface area contributed by atoms with Crippen molar-refractivity contribution in [3.63, 3.8) is 0 Å². The quantitative estimate of drug-likeness (QED) is 0.668. The molecule has 0 fully saturated rings. The fourth-order valence-electron chi connectivity index (χ4n) is 2.68. The van der Waals surface area contributed by atoms with Gasteiger partial charge in [0.1, 0.15) is 0 Å². The largest absolute Gasteiger partial charge is 0.321 e. The minimum absolute atomic E-state index is 0.171. The molecule has 24 heavy (non-hydrogen) atoms. The van der Waals surface area contributed by atoms with Crippen LogP contribution < -0.4 is 5.73 Å². The van der Waals surface area contributed by atoms with Crippen molar-refractivity contribution in [1.82, 2.24) is 14.8 Å². The average molecular weight is 338 g/mol. The Morgan fingerprint density at radius 2 is 1.58 bits per heavy atom. The lowest BCUT2D eigenvalue weighted by Gasteiger charge is -2.15. The molecule has 5 heteroatoms. The Morgan fingerprint density at radius 1 is 0.958 bits per heavy atom. The molecule has 0 amide bonds. The number of benzene rings is 2. The maximum atomic E-state index is 6.46. The first-order chi connectivity index (χ1) is 11.8. The van der Waals surface area contributed by atoms with E-state index in [9.17, 15) is 0 Å². The normalized spacial score (nSPS) is 12.2. The third kappa shape index (κ3) is 4.04. The molecule has 0 saturated heterocycles. The van der Waals surface area contributed by atoms with E-state index in [4.69, 9.17) is 5.73 Å². The van der Waals surface area contributed by atoms with E-state index in [0.717, 1.165) is 29.7 Å². The summed E-state index contributed by atoms with van der Waals surface area (Å²) in [6.07, 6.45) is 0.755. The first kappa shape index (κ1) is 16.7. The molecule has 3 rings (SSSR count). The molecule has 0 aliphatic heterocycles. The summed E-state index contributed by atoms with van der Waals surface area (Å²) in [6, 6.07) is 20.5. The Morgan fingerprint density at radius 3 is 2.21 bits per heavy atom. The van der Waals surface area contributed by atoms with E-state index < -0.39 is 0 Å². The van der Waals surface area contributed by atoms with E-state index in [2.05, 4.69) is 58.1 Å². The van der Waals surface area contributed by atoms with Gasteiger partial charge in [-0.05, 0) is 23.3 Å². The van der Waals surface area contributed by atoms with Crippen LogP contribution in [0.1, 0.15) is 29.9 Å². The van der Waals surface area contributed by atoms with Crippen LogP contribution in [0.3, 0.4) is 0 Å². The number of nitrogens with zero attached hydrogens (tertiary/aromatic N) is 3. The molecule has 124 valence electrons. The number of aromatic nitrogens is 3. The van der Waals surface area contributed by atoms with Crippen LogP contribution in [0.4, 0.5) is 0 Å². The van der Waals surface area contributed by atoms with E-state index in [-0.39, 0.29) is 6.04 Å². The molecule has 3 aromatic rings. The molecule has 0 unspecified atom stereocenters. The van der Waals surface area contributed by atoms with Crippen molar-refractivity contribution in [3.8, 4) is 0 Å². The molecule has 0 radical (unpaired) electrons. The highest BCUT2D eigenvalue weighted by molar-refractivity contribution is 7.99. The molecular weight excluding hydrogens is 316 g/mol. The summed E-state index contributed by atoms with van der Waals surface area (Å²) in [5, 5.41) is 9.69. The lowest BCUT2D eigenvalue weighted by molar-refractivity contribution is 0.588. The number of nitrogens with two attached hydrogens (primary N) is 1. The molecule has 0 spiro atoms. The molecule has 2 aromatic carbocycles. The Bertz CT molecular complexity index is 756. The van der Waals surface area contributed by atoms with Gasteiger partial charge >= 0.3 is 0 Å². The third-order valence-electron chi connectivity index (χ3n) is 3.83. The molecule has 0 saturated carbocycles. The van der Waals surface area contributed by atoms with Gasteiger partial charge in [-0.15, -0.1) is 10.2 Å². The van der Waals surface area contributed by atoms with Gasteiger partial charge in [0.2, 0.25) is 0 Å². The van der Waals surface area contributed by atoms with Gasteiger partial charge in [0.25, 0.3) is 0 Å². The van der Waals surface area contributed by atoms with E-state index >= 15 is 0 Å². The van der Waals surface area contributed by atoms with Crippen molar-refractivity contribution >= 4 is 11.8 Å². The molecule has 4 nitrogen and oxygen atoms in total. The molecule has 1 aromatic heterocycles. The summed E-state index contributed by atoms with van der Waals surface area (Å²) >= 11 is 1.70. The highest BCUT2D eigenvalue weighted by Crippen LogP contribution is 2.22. The van der Waals surface area contributed by atoms with Gasteiger partial charge in [0.05, 0.1) is 12.6 Å². The Balaban J connectivity index is 1.86. The second-order valence-corrected chi connectivity index (χ2v) is 6.87. The Hall–Kier alpha value is -2.11. The van der Waals surface area contributed by atoms with E-state index in [1.807, 2.05) is 24.3 Å². The van der Waals surface area contributed by atoms with Gasteiger partial charge in [-0.3, -0.25) is 0 Å². The predicted octanol–water partition coefficient (Wildman–Crippen LogP) is 3.68. The zero-order valence-corrected chi connectivity index (χ0v) is 14.6. The van der Waals surface area contributed by atoms with Crippen LogP contribution >= 0.6 is 11.8 Å². The summed E-state index contributed by atoms with van der Waals surface area (Å²) in [7, 11) is 0. The Kier molecular flexibility index (Phi) is 5.67. The van der Waals surface area contributed by atoms with Crippen molar-refractivity contribution < 1.29 is 0 Å². The van der Waals surface area contributed by atoms with Crippen LogP contribution in [0.15, 0.2) is 65.8 Å². The summed E-state index contributed by atoms with van der Waals surface area (Å²) in [6.45, 7) is 2.86. The molecule has 0 aliphatic rings. The maximum absolute atomic E-state index is 6.46. The van der Waals surface area contributed by atoms with Crippen LogP contribution in [-0.4, -0.2) is 20.5 Å². The monoisotopic (exact) mass is 338 g/mol. The van der Waals surface area contributed by atoms with Gasteiger partial charge < -0.3 is 10.3 Å². The zero-order chi connectivity index (χ0) is 16.8.